The average Bonchev–Trinajstić information content (AvgIpc) is 2.38. The van der Waals surface area contributed by atoms with Crippen molar-refractivity contribution in [3.63, 3.8) is 0 Å². The first kappa shape index (κ1) is 14.9. The number of rotatable bonds is 3. The minimum Gasteiger partial charge on any atom is -0.142 e. The number of benzene rings is 2. The highest BCUT2D eigenvalue weighted by molar-refractivity contribution is 7.97. The molecule has 0 aliphatic heterocycles. The van der Waals surface area contributed by atoms with Crippen LogP contribution < -0.4 is 0 Å². The standard InChI is InChI=1S/C12H6Cl4N2S/c13-7-1-3-8(4-2-7)19-18-17-12-6-10(15)9(14)5-11(12)16/h1-6H/b18-17+. The smallest absolute Gasteiger partial charge is 0.106 e. The van der Waals surface area contributed by atoms with Crippen molar-refractivity contribution in [2.75, 3.05) is 0 Å². The third-order valence-corrected chi connectivity index (χ3v) is 4.02. The van der Waals surface area contributed by atoms with E-state index in [4.69, 9.17) is 46.4 Å². The molecular weight excluding hydrogens is 346 g/mol. The first-order valence-corrected chi connectivity index (χ1v) is 7.33. The van der Waals surface area contributed by atoms with Gasteiger partial charge in [0.15, 0.2) is 0 Å². The third kappa shape index (κ3) is 4.26. The average molecular weight is 352 g/mol. The molecule has 0 spiro atoms. The summed E-state index contributed by atoms with van der Waals surface area (Å²) >= 11 is 24.7. The lowest BCUT2D eigenvalue weighted by Crippen LogP contribution is -1.72. The van der Waals surface area contributed by atoms with Gasteiger partial charge in [-0.25, -0.2) is 0 Å². The quantitative estimate of drug-likeness (QED) is 0.329. The number of halogens is 4. The highest BCUT2D eigenvalue weighted by Gasteiger charge is 2.05. The van der Waals surface area contributed by atoms with Crippen molar-refractivity contribution in [2.24, 2.45) is 9.63 Å². The van der Waals surface area contributed by atoms with Crippen LogP contribution >= 0.6 is 58.4 Å². The maximum absolute atomic E-state index is 5.98. The summed E-state index contributed by atoms with van der Waals surface area (Å²) in [6, 6.07) is 10.4. The van der Waals surface area contributed by atoms with E-state index in [1.807, 2.05) is 12.1 Å². The molecule has 0 aromatic heterocycles. The predicted octanol–water partition coefficient (Wildman–Crippen LogP) is 7.09. The molecular formula is C12H6Cl4N2S. The predicted molar refractivity (Wildman–Crippen MR) is 83.3 cm³/mol. The van der Waals surface area contributed by atoms with Crippen molar-refractivity contribution in [2.45, 2.75) is 4.90 Å². The highest BCUT2D eigenvalue weighted by atomic mass is 35.5. The molecule has 2 aromatic rings. The molecule has 0 atom stereocenters. The van der Waals surface area contributed by atoms with Crippen LogP contribution in [0.25, 0.3) is 0 Å². The lowest BCUT2D eigenvalue weighted by atomic mass is 10.3. The maximum atomic E-state index is 5.98. The molecule has 98 valence electrons. The van der Waals surface area contributed by atoms with Crippen LogP contribution in [0.15, 0.2) is 50.9 Å². The van der Waals surface area contributed by atoms with E-state index in [1.165, 1.54) is 18.0 Å². The molecule has 0 aliphatic rings. The molecule has 0 saturated carbocycles. The minimum absolute atomic E-state index is 0.385. The van der Waals surface area contributed by atoms with Crippen molar-refractivity contribution < 1.29 is 0 Å². The normalized spacial score (nSPS) is 11.2. The van der Waals surface area contributed by atoms with Crippen LogP contribution in [0.1, 0.15) is 0 Å². The van der Waals surface area contributed by atoms with E-state index in [0.717, 1.165) is 4.90 Å². The topological polar surface area (TPSA) is 24.7 Å². The fraction of sp³-hybridized carbons (Fsp3) is 0. The van der Waals surface area contributed by atoms with Gasteiger partial charge in [0.25, 0.3) is 0 Å². The lowest BCUT2D eigenvalue weighted by Gasteiger charge is -2.00. The maximum Gasteiger partial charge on any atom is 0.106 e. The van der Waals surface area contributed by atoms with Crippen molar-refractivity contribution in [1.29, 1.82) is 0 Å². The van der Waals surface area contributed by atoms with E-state index < -0.39 is 0 Å². The van der Waals surface area contributed by atoms with E-state index in [2.05, 4.69) is 9.63 Å². The van der Waals surface area contributed by atoms with E-state index in [1.54, 1.807) is 18.2 Å². The van der Waals surface area contributed by atoms with Gasteiger partial charge in [0.2, 0.25) is 0 Å². The number of hydrogen-bond donors (Lipinski definition) is 0. The van der Waals surface area contributed by atoms with Crippen LogP contribution in [0, 0.1) is 0 Å². The van der Waals surface area contributed by atoms with Gasteiger partial charge in [-0.2, -0.15) is 0 Å². The number of hydrogen-bond acceptors (Lipinski definition) is 3. The zero-order chi connectivity index (χ0) is 13.8. The van der Waals surface area contributed by atoms with E-state index >= 15 is 0 Å². The van der Waals surface area contributed by atoms with Crippen LogP contribution in [0.5, 0.6) is 0 Å². The second kappa shape index (κ2) is 6.82. The Morgan fingerprint density at radius 3 is 2.11 bits per heavy atom. The van der Waals surface area contributed by atoms with Crippen LogP contribution in [0.3, 0.4) is 0 Å². The Labute approximate surface area is 134 Å². The van der Waals surface area contributed by atoms with Crippen molar-refractivity contribution in [1.82, 2.24) is 0 Å². The molecule has 2 nitrogen and oxygen atoms in total. The minimum atomic E-state index is 0.385. The van der Waals surface area contributed by atoms with Crippen molar-refractivity contribution >= 4 is 64.0 Å². The summed E-state index contributed by atoms with van der Waals surface area (Å²) in [5.74, 6) is 0. The van der Waals surface area contributed by atoms with E-state index in [-0.39, 0.29) is 0 Å². The third-order valence-electron chi connectivity index (χ3n) is 2.10. The Balaban J connectivity index is 2.11. The molecule has 0 aliphatic carbocycles. The lowest BCUT2D eigenvalue weighted by molar-refractivity contribution is 1.32. The first-order chi connectivity index (χ1) is 9.06. The Morgan fingerprint density at radius 1 is 0.789 bits per heavy atom. The summed E-state index contributed by atoms with van der Waals surface area (Å²) < 4.78 is 3.99. The van der Waals surface area contributed by atoms with Crippen LogP contribution in [-0.4, -0.2) is 0 Å². The molecule has 0 amide bonds. The van der Waals surface area contributed by atoms with Crippen LogP contribution in [0.2, 0.25) is 20.1 Å². The fourth-order valence-electron chi connectivity index (χ4n) is 1.20. The second-order valence-electron chi connectivity index (χ2n) is 3.44. The number of nitrogens with zero attached hydrogens (tertiary/aromatic N) is 2. The Hall–Kier alpha value is -0.450. The summed E-state index contributed by atoms with van der Waals surface area (Å²) in [7, 11) is 0. The van der Waals surface area contributed by atoms with E-state index in [0.29, 0.717) is 25.8 Å². The summed E-state index contributed by atoms with van der Waals surface area (Å²) in [6.45, 7) is 0. The van der Waals surface area contributed by atoms with Gasteiger partial charge in [-0.15, -0.1) is 9.63 Å². The zero-order valence-electron chi connectivity index (χ0n) is 9.28. The molecule has 2 rings (SSSR count). The van der Waals surface area contributed by atoms with Gasteiger partial charge in [-0.1, -0.05) is 46.4 Å². The monoisotopic (exact) mass is 350 g/mol. The molecule has 0 saturated heterocycles. The van der Waals surface area contributed by atoms with Crippen LogP contribution in [-0.2, 0) is 0 Å². The van der Waals surface area contributed by atoms with Crippen molar-refractivity contribution in [3.8, 4) is 0 Å². The fourth-order valence-corrected chi connectivity index (χ4v) is 2.38. The molecule has 0 fully saturated rings. The molecule has 19 heavy (non-hydrogen) atoms. The van der Waals surface area contributed by atoms with Crippen molar-refractivity contribution in [3.05, 3.63) is 56.5 Å². The van der Waals surface area contributed by atoms with Gasteiger partial charge in [0.1, 0.15) is 5.69 Å². The van der Waals surface area contributed by atoms with Gasteiger partial charge >= 0.3 is 0 Å². The Kier molecular flexibility index (Phi) is 5.37. The van der Waals surface area contributed by atoms with Gasteiger partial charge in [-0.3, -0.25) is 0 Å². The molecule has 0 heterocycles. The van der Waals surface area contributed by atoms with E-state index in [9.17, 15) is 0 Å². The molecule has 0 unspecified atom stereocenters. The summed E-state index contributed by atoms with van der Waals surface area (Å²) in [6.07, 6.45) is 0. The van der Waals surface area contributed by atoms with Gasteiger partial charge in [0.05, 0.1) is 15.1 Å². The first-order valence-electron chi connectivity index (χ1n) is 5.04. The Bertz CT molecular complexity index is 614. The SMILES string of the molecule is Clc1ccc(S/N=N/c2cc(Cl)c(Cl)cc2Cl)cc1. The molecule has 7 heteroatoms. The van der Waals surface area contributed by atoms with Gasteiger partial charge < -0.3 is 0 Å². The molecule has 2 aromatic carbocycles. The summed E-state index contributed by atoms with van der Waals surface area (Å²) in [5, 5.41) is 5.85. The van der Waals surface area contributed by atoms with Gasteiger partial charge in [-0.05, 0) is 36.4 Å². The van der Waals surface area contributed by atoms with Crippen LogP contribution in [0.4, 0.5) is 5.69 Å². The summed E-state index contributed by atoms with van der Waals surface area (Å²) in [5.41, 5.74) is 0.470. The largest absolute Gasteiger partial charge is 0.142 e. The highest BCUT2D eigenvalue weighted by Crippen LogP contribution is 2.35. The molecule has 0 radical (unpaired) electrons. The zero-order valence-corrected chi connectivity index (χ0v) is 13.1. The Morgan fingerprint density at radius 2 is 1.42 bits per heavy atom. The molecule has 0 N–H and O–H groups in total. The van der Waals surface area contributed by atoms with Gasteiger partial charge in [0, 0.05) is 21.9 Å². The second-order valence-corrected chi connectivity index (χ2v) is 5.92. The molecule has 0 bridgehead atoms. The summed E-state index contributed by atoms with van der Waals surface area (Å²) in [4.78, 5) is 0.921.